The maximum Gasteiger partial charge on any atom is 0.268 e. The van der Waals surface area contributed by atoms with Crippen LogP contribution in [0.25, 0.3) is 21.1 Å². The predicted molar refractivity (Wildman–Crippen MR) is 98.3 cm³/mol. The van der Waals surface area contributed by atoms with Crippen molar-refractivity contribution >= 4 is 32.5 Å². The van der Waals surface area contributed by atoms with Gasteiger partial charge in [0.1, 0.15) is 10.5 Å². The molecule has 5 nitrogen and oxygen atoms in total. The van der Waals surface area contributed by atoms with Gasteiger partial charge in [-0.25, -0.2) is 4.98 Å². The number of hydrogen-bond donors (Lipinski definition) is 2. The van der Waals surface area contributed by atoms with Crippen molar-refractivity contribution in [2.45, 2.75) is 20.0 Å². The van der Waals surface area contributed by atoms with E-state index in [0.717, 1.165) is 29.9 Å². The molecular formula is C18H18N4OS. The molecule has 6 heteroatoms. The quantitative estimate of drug-likeness (QED) is 0.585. The molecule has 0 aliphatic carbocycles. The van der Waals surface area contributed by atoms with E-state index in [4.69, 9.17) is 0 Å². The van der Waals surface area contributed by atoms with E-state index in [1.54, 1.807) is 0 Å². The number of aromatic nitrogens is 3. The lowest BCUT2D eigenvalue weighted by Crippen LogP contribution is -2.25. The molecule has 4 rings (SSSR count). The molecule has 0 aliphatic heterocycles. The van der Waals surface area contributed by atoms with E-state index in [0.29, 0.717) is 11.2 Å². The van der Waals surface area contributed by atoms with Gasteiger partial charge in [0.05, 0.1) is 12.1 Å². The van der Waals surface area contributed by atoms with Crippen LogP contribution in [0.1, 0.15) is 18.3 Å². The number of hydrogen-bond acceptors (Lipinski definition) is 4. The molecule has 122 valence electrons. The number of benzene rings is 1. The third-order valence-corrected chi connectivity index (χ3v) is 5.11. The fraction of sp³-hybridized carbons (Fsp3) is 0.222. The van der Waals surface area contributed by atoms with E-state index in [9.17, 15) is 4.79 Å². The Balaban J connectivity index is 1.57. The molecule has 0 aliphatic rings. The molecule has 3 heterocycles. The van der Waals surface area contributed by atoms with Crippen molar-refractivity contribution in [2.24, 2.45) is 0 Å². The molecule has 1 aromatic carbocycles. The van der Waals surface area contributed by atoms with Crippen LogP contribution in [-0.4, -0.2) is 26.4 Å². The lowest BCUT2D eigenvalue weighted by Gasteiger charge is -2.20. The Morgan fingerprint density at radius 1 is 1.21 bits per heavy atom. The number of nitrogens with one attached hydrogen (secondary N) is 2. The molecule has 3 aromatic heterocycles. The summed E-state index contributed by atoms with van der Waals surface area (Å²) in [6, 6.07) is 10.4. The van der Waals surface area contributed by atoms with Gasteiger partial charge in [-0.1, -0.05) is 13.0 Å². The van der Waals surface area contributed by atoms with Crippen LogP contribution in [0.15, 0.2) is 46.7 Å². The van der Waals surface area contributed by atoms with Gasteiger partial charge in [-0.15, -0.1) is 11.3 Å². The lowest BCUT2D eigenvalue weighted by molar-refractivity contribution is 0.264. The topological polar surface area (TPSA) is 64.8 Å². The fourth-order valence-electron chi connectivity index (χ4n) is 2.95. The van der Waals surface area contributed by atoms with Crippen molar-refractivity contribution in [1.82, 2.24) is 19.9 Å². The highest BCUT2D eigenvalue weighted by Crippen LogP contribution is 2.17. The second-order valence-corrected chi connectivity index (χ2v) is 6.77. The molecule has 0 radical (unpaired) electrons. The van der Waals surface area contributed by atoms with Crippen LogP contribution in [0.2, 0.25) is 0 Å². The van der Waals surface area contributed by atoms with E-state index >= 15 is 0 Å². The highest BCUT2D eigenvalue weighted by atomic mass is 32.1. The van der Waals surface area contributed by atoms with Crippen molar-refractivity contribution in [3.63, 3.8) is 0 Å². The highest BCUT2D eigenvalue weighted by molar-refractivity contribution is 7.17. The second-order valence-electron chi connectivity index (χ2n) is 5.85. The Labute approximate surface area is 143 Å². The first-order chi connectivity index (χ1) is 11.7. The summed E-state index contributed by atoms with van der Waals surface area (Å²) >= 11 is 1.43. The van der Waals surface area contributed by atoms with E-state index in [-0.39, 0.29) is 5.56 Å². The van der Waals surface area contributed by atoms with Gasteiger partial charge in [-0.3, -0.25) is 9.69 Å². The standard InChI is InChI=1S/C18H18N4OS/c1-2-22(10-12-3-4-14-13(9-12)5-7-19-14)11-16-20-15-6-8-24-17(15)18(23)21-16/h3-9,19H,2,10-11H2,1H3,(H,20,21,23). The van der Waals surface area contributed by atoms with Gasteiger partial charge in [0.2, 0.25) is 0 Å². The first-order valence-electron chi connectivity index (χ1n) is 7.97. The van der Waals surface area contributed by atoms with Gasteiger partial charge in [0, 0.05) is 18.3 Å². The summed E-state index contributed by atoms with van der Waals surface area (Å²) in [7, 11) is 0. The minimum absolute atomic E-state index is 0.0465. The average Bonchev–Trinajstić information content (AvgIpc) is 3.22. The van der Waals surface area contributed by atoms with Crippen LogP contribution in [0.4, 0.5) is 0 Å². The summed E-state index contributed by atoms with van der Waals surface area (Å²) in [5.41, 5.74) is 3.14. The second kappa shape index (κ2) is 6.22. The molecule has 2 N–H and O–H groups in total. The molecule has 4 aromatic rings. The Kier molecular flexibility index (Phi) is 3.92. The average molecular weight is 338 g/mol. The Morgan fingerprint density at radius 3 is 3.00 bits per heavy atom. The highest BCUT2D eigenvalue weighted by Gasteiger charge is 2.10. The maximum absolute atomic E-state index is 12.1. The molecular weight excluding hydrogens is 320 g/mol. The summed E-state index contributed by atoms with van der Waals surface area (Å²) in [6.45, 7) is 4.46. The lowest BCUT2D eigenvalue weighted by atomic mass is 10.1. The van der Waals surface area contributed by atoms with Gasteiger partial charge >= 0.3 is 0 Å². The van der Waals surface area contributed by atoms with Crippen molar-refractivity contribution in [1.29, 1.82) is 0 Å². The normalized spacial score (nSPS) is 11.8. The van der Waals surface area contributed by atoms with Gasteiger partial charge < -0.3 is 9.97 Å². The SMILES string of the molecule is CCN(Cc1ccc2[nH]ccc2c1)Cc1nc2ccsc2c(=O)[nH]1. The molecule has 0 amide bonds. The van der Waals surface area contributed by atoms with Crippen LogP contribution in [0.3, 0.4) is 0 Å². The van der Waals surface area contributed by atoms with Gasteiger partial charge in [0.15, 0.2) is 0 Å². The molecule has 0 unspecified atom stereocenters. The first kappa shape index (κ1) is 15.1. The molecule has 24 heavy (non-hydrogen) atoms. The fourth-order valence-corrected chi connectivity index (χ4v) is 3.67. The summed E-state index contributed by atoms with van der Waals surface area (Å²) in [5, 5.41) is 3.12. The largest absolute Gasteiger partial charge is 0.361 e. The molecule has 0 fully saturated rings. The van der Waals surface area contributed by atoms with Crippen molar-refractivity contribution in [2.75, 3.05) is 6.54 Å². The molecule has 0 saturated carbocycles. The van der Waals surface area contributed by atoms with Crippen LogP contribution in [0, 0.1) is 0 Å². The molecule has 0 atom stereocenters. The number of thiophene rings is 1. The van der Waals surface area contributed by atoms with Crippen molar-refractivity contribution in [3.8, 4) is 0 Å². The minimum atomic E-state index is -0.0465. The van der Waals surface area contributed by atoms with Crippen molar-refractivity contribution in [3.05, 3.63) is 63.7 Å². The Morgan fingerprint density at radius 2 is 2.12 bits per heavy atom. The van der Waals surface area contributed by atoms with Crippen LogP contribution < -0.4 is 5.56 Å². The zero-order valence-corrected chi connectivity index (χ0v) is 14.2. The van der Waals surface area contributed by atoms with E-state index < -0.39 is 0 Å². The number of nitrogens with zero attached hydrogens (tertiary/aromatic N) is 2. The number of fused-ring (bicyclic) bond motifs is 2. The van der Waals surface area contributed by atoms with Gasteiger partial charge in [0.25, 0.3) is 5.56 Å². The third kappa shape index (κ3) is 2.86. The summed E-state index contributed by atoms with van der Waals surface area (Å²) in [4.78, 5) is 25.1. The van der Waals surface area contributed by atoms with Gasteiger partial charge in [-0.2, -0.15) is 0 Å². The van der Waals surface area contributed by atoms with Crippen LogP contribution >= 0.6 is 11.3 Å². The monoisotopic (exact) mass is 338 g/mol. The third-order valence-electron chi connectivity index (χ3n) is 4.21. The summed E-state index contributed by atoms with van der Waals surface area (Å²) in [6.07, 6.45) is 1.96. The van der Waals surface area contributed by atoms with Gasteiger partial charge in [-0.05, 0) is 47.1 Å². The van der Waals surface area contributed by atoms with Crippen LogP contribution in [0.5, 0.6) is 0 Å². The molecule has 0 spiro atoms. The number of aromatic amines is 2. The molecule has 0 bridgehead atoms. The van der Waals surface area contributed by atoms with E-state index in [2.05, 4.69) is 51.0 Å². The predicted octanol–water partition coefficient (Wildman–Crippen LogP) is 3.49. The van der Waals surface area contributed by atoms with E-state index in [1.807, 2.05) is 17.6 Å². The maximum atomic E-state index is 12.1. The van der Waals surface area contributed by atoms with E-state index in [1.165, 1.54) is 22.3 Å². The smallest absolute Gasteiger partial charge is 0.268 e. The van der Waals surface area contributed by atoms with Crippen LogP contribution in [-0.2, 0) is 13.1 Å². The first-order valence-corrected chi connectivity index (χ1v) is 8.85. The number of H-pyrrole nitrogens is 2. The number of rotatable bonds is 5. The minimum Gasteiger partial charge on any atom is -0.361 e. The zero-order chi connectivity index (χ0) is 16.5. The summed E-state index contributed by atoms with van der Waals surface area (Å²) < 4.78 is 0.694. The van der Waals surface area contributed by atoms with Crippen molar-refractivity contribution < 1.29 is 0 Å². The summed E-state index contributed by atoms with van der Waals surface area (Å²) in [5.74, 6) is 0.718. The zero-order valence-electron chi connectivity index (χ0n) is 13.4. The Bertz CT molecular complexity index is 1050. The Hall–Kier alpha value is -2.44. The molecule has 0 saturated heterocycles.